The summed E-state index contributed by atoms with van der Waals surface area (Å²) in [6, 6.07) is 6.16. The van der Waals surface area contributed by atoms with Crippen molar-refractivity contribution in [1.82, 2.24) is 78.0 Å². The number of halogens is 2. The zero-order valence-corrected chi connectivity index (χ0v) is 56.0. The number of nitrogens with zero attached hydrogens (tertiary/aromatic N) is 2. The van der Waals surface area contributed by atoms with Crippen LogP contribution in [0, 0.1) is 11.6 Å². The van der Waals surface area contributed by atoms with E-state index in [-0.39, 0.29) is 84.3 Å². The second-order valence-corrected chi connectivity index (χ2v) is 25.3. The summed E-state index contributed by atoms with van der Waals surface area (Å²) >= 11 is 0. The second-order valence-electron chi connectivity index (χ2n) is 25.3. The molecule has 1 saturated heterocycles. The van der Waals surface area contributed by atoms with Crippen LogP contribution in [0.15, 0.2) is 110 Å². The SMILES string of the molecule is CC(=O)N[C@H]1CCNC(=O)COc2ccc(cc2)CC(C(N)=O)NC(=O)[C@]2(C)CCCN2C(=O)[C@H](Cc2ccc(O)cc2)NC(=O)[C@H](Cc2cnc[nH]2)NC(=O)[C@H](CC(=O)O)NC(=O)[C@H](Cc2c[nH]c3ccc(F)cc23)NC(=O)[C@H](Cc2c[nH]c3ccc(F)cc23)NC(=O)CNC(=O)[C@H](C)NC1=O. The summed E-state index contributed by atoms with van der Waals surface area (Å²) in [5.74, 6) is -14.3. The minimum Gasteiger partial charge on any atom is -0.508 e. The number of phenolic OH excluding ortho intramolecular Hbond substituents is 1. The highest BCUT2D eigenvalue weighted by Crippen LogP contribution is 2.32. The van der Waals surface area contributed by atoms with Crippen LogP contribution < -0.4 is 63.6 Å². The molecule has 0 aliphatic carbocycles. The molecular weight excluding hydrogens is 1350 g/mol. The number of rotatable bonds is 12. The van der Waals surface area contributed by atoms with E-state index in [1.807, 2.05) is 0 Å². The number of carbonyl (C=O) groups excluding carboxylic acids is 12. The number of carboxylic acid groups (broad SMARTS) is 1. The van der Waals surface area contributed by atoms with Crippen LogP contribution in [0.4, 0.5) is 8.78 Å². The van der Waals surface area contributed by atoms with E-state index in [4.69, 9.17) is 10.5 Å². The van der Waals surface area contributed by atoms with Gasteiger partial charge in [-0.25, -0.2) is 13.8 Å². The molecule has 7 aromatic rings. The van der Waals surface area contributed by atoms with E-state index in [1.165, 1.54) is 98.3 Å². The molecule has 2 bridgehead atoms. The van der Waals surface area contributed by atoms with Gasteiger partial charge in [-0.1, -0.05) is 24.3 Å². The number of hydrogen-bond acceptors (Lipinski definition) is 16. The van der Waals surface area contributed by atoms with E-state index in [0.29, 0.717) is 22.2 Å². The largest absolute Gasteiger partial charge is 0.508 e. The number of phenols is 1. The van der Waals surface area contributed by atoms with E-state index < -0.39 is 181 Å². The number of fused-ring (bicyclic) bond motifs is 35. The number of imidazole rings is 1. The number of carbonyl (C=O) groups is 13. The summed E-state index contributed by atoms with van der Waals surface area (Å²) in [5, 5.41) is 46.2. The molecule has 4 aromatic carbocycles. The predicted molar refractivity (Wildman–Crippen MR) is 362 cm³/mol. The first-order chi connectivity index (χ1) is 49.1. The third kappa shape index (κ3) is 20.0. The van der Waals surface area contributed by atoms with E-state index in [9.17, 15) is 66.9 Å². The molecule has 1 unspecified atom stereocenters. The Balaban J connectivity index is 1.06. The standard InChI is InChI=1S/C69H78F2N16O16/c1-35-61(95)77-32-57(90)81-52(23-39-29-75-48-15-9-41(70)25-46(39)48)63(97)82-53(24-40-30-76-49-16-10-42(71)26-47(40)49)64(98)84-55(28-59(92)93)66(100)83-54(27-43-31-73-34-78-43)65(99)85-56(22-37-5-11-44(89)12-6-37)67(101)87-20-4-18-69(87,3)68(102)86-51(60(72)94)21-38-7-13-45(14-8-38)103-33-58(91)74-19-17-50(62(96)79-35)80-36(2)88/h5-16,25-26,29-31,34-35,50-56,75-76,89H,4,17-24,27-28,32-33H2,1-3H3,(H2,72,94)(H,73,78)(H,74,91)(H,77,95)(H,79,96)(H,80,88)(H,81,90)(H,82,97)(H,83,100)(H,84,98)(H,85,99)(H,86,102)(H,92,93)/t35-,50-,51?,52-,53-,54-,55-,56-,69-/m0/s1. The maximum Gasteiger partial charge on any atom is 0.305 e. The Hall–Kier alpha value is -12.3. The third-order valence-corrected chi connectivity index (χ3v) is 17.6. The molecule has 12 amide bonds. The highest BCUT2D eigenvalue weighted by atomic mass is 19.1. The van der Waals surface area contributed by atoms with E-state index in [1.54, 1.807) is 12.1 Å². The molecule has 0 saturated carbocycles. The van der Waals surface area contributed by atoms with Gasteiger partial charge >= 0.3 is 5.97 Å². The van der Waals surface area contributed by atoms with Crippen molar-refractivity contribution >= 4 is 98.7 Å². The number of carboxylic acids is 1. The monoisotopic (exact) mass is 1420 g/mol. The van der Waals surface area contributed by atoms with E-state index in [0.717, 1.165) is 25.1 Å². The topological polar surface area (TPSA) is 481 Å². The Kier molecular flexibility index (Phi) is 24.5. The first-order valence-electron chi connectivity index (χ1n) is 32.8. The number of aliphatic carboxylic acids is 1. The summed E-state index contributed by atoms with van der Waals surface area (Å²) in [4.78, 5) is 196. The van der Waals surface area contributed by atoms with Gasteiger partial charge < -0.3 is 93.7 Å². The van der Waals surface area contributed by atoms with Gasteiger partial charge in [0.05, 0.1) is 19.3 Å². The molecule has 17 N–H and O–H groups in total. The number of benzene rings is 4. The Morgan fingerprint density at radius 1 is 0.670 bits per heavy atom. The highest BCUT2D eigenvalue weighted by molar-refractivity contribution is 6.01. The van der Waals surface area contributed by atoms with Crippen LogP contribution in [-0.2, 0) is 94.4 Å². The Morgan fingerprint density at radius 3 is 1.83 bits per heavy atom. The number of primary amides is 1. The highest BCUT2D eigenvalue weighted by Gasteiger charge is 2.49. The number of ether oxygens (including phenoxy) is 1. The van der Waals surface area contributed by atoms with Crippen LogP contribution in [0.1, 0.15) is 74.4 Å². The quantitative estimate of drug-likeness (QED) is 0.0662. The summed E-state index contributed by atoms with van der Waals surface area (Å²) in [6.45, 7) is 2.27. The number of amides is 12. The fourth-order valence-electron chi connectivity index (χ4n) is 12.1. The Bertz CT molecular complexity index is 4340. The summed E-state index contributed by atoms with van der Waals surface area (Å²) in [6.07, 6.45) is 2.56. The van der Waals surface area contributed by atoms with Crippen molar-refractivity contribution < 1.29 is 86.1 Å². The maximum absolute atomic E-state index is 15.2. The fourth-order valence-corrected chi connectivity index (χ4v) is 12.1. The lowest BCUT2D eigenvalue weighted by molar-refractivity contribution is -0.147. The minimum absolute atomic E-state index is 0.0384. The van der Waals surface area contributed by atoms with E-state index >= 15 is 14.4 Å². The Labute approximate surface area is 585 Å². The molecular formula is C69H78F2N16O16. The summed E-state index contributed by atoms with van der Waals surface area (Å²) in [5.41, 5.74) is 6.53. The normalized spacial score (nSPS) is 23.1. The van der Waals surface area contributed by atoms with Crippen molar-refractivity contribution in [2.24, 2.45) is 5.73 Å². The average Bonchev–Trinajstić information content (AvgIpc) is 1.69. The molecule has 544 valence electrons. The first kappa shape index (κ1) is 75.0. The molecule has 34 heteroatoms. The number of hydrogen-bond donors (Lipinski definition) is 16. The summed E-state index contributed by atoms with van der Waals surface area (Å²) < 4.78 is 35.4. The van der Waals surface area contributed by atoms with Crippen LogP contribution in [0.25, 0.3) is 21.8 Å². The van der Waals surface area contributed by atoms with Crippen molar-refractivity contribution in [2.45, 2.75) is 132 Å². The zero-order valence-electron chi connectivity index (χ0n) is 56.0. The van der Waals surface area contributed by atoms with Gasteiger partial charge in [0.1, 0.15) is 77.0 Å². The minimum atomic E-state index is -2.08. The zero-order chi connectivity index (χ0) is 74.2. The third-order valence-electron chi connectivity index (χ3n) is 17.6. The second kappa shape index (κ2) is 33.7. The molecule has 3 aliphatic rings. The van der Waals surface area contributed by atoms with Gasteiger partial charge in [0.15, 0.2) is 6.61 Å². The van der Waals surface area contributed by atoms with Gasteiger partial charge in [-0.2, -0.15) is 0 Å². The molecule has 6 heterocycles. The van der Waals surface area contributed by atoms with Crippen LogP contribution >= 0.6 is 0 Å². The number of aromatic amines is 3. The lowest BCUT2D eigenvalue weighted by atomic mass is 9.94. The van der Waals surface area contributed by atoms with Gasteiger partial charge in [-0.3, -0.25) is 62.3 Å². The van der Waals surface area contributed by atoms with Crippen LogP contribution in [-0.4, -0.2) is 192 Å². The summed E-state index contributed by atoms with van der Waals surface area (Å²) in [7, 11) is 0. The van der Waals surface area contributed by atoms with Gasteiger partial charge in [-0.05, 0) is 116 Å². The van der Waals surface area contributed by atoms with Gasteiger partial charge in [-0.15, -0.1) is 0 Å². The van der Waals surface area contributed by atoms with Crippen molar-refractivity contribution in [3.8, 4) is 11.5 Å². The van der Waals surface area contributed by atoms with Crippen LogP contribution in [0.2, 0.25) is 0 Å². The van der Waals surface area contributed by atoms with Crippen LogP contribution in [0.5, 0.6) is 11.5 Å². The van der Waals surface area contributed by atoms with Crippen LogP contribution in [0.3, 0.4) is 0 Å². The first-order valence-corrected chi connectivity index (χ1v) is 32.8. The molecule has 10 rings (SSSR count). The lowest BCUT2D eigenvalue weighted by Crippen LogP contribution is -2.63. The van der Waals surface area contributed by atoms with Crippen molar-refractivity contribution in [3.05, 3.63) is 149 Å². The van der Waals surface area contributed by atoms with Gasteiger partial charge in [0, 0.05) is 98.2 Å². The predicted octanol–water partition coefficient (Wildman–Crippen LogP) is -0.856. The number of aromatic hydroxyl groups is 1. The van der Waals surface area contributed by atoms with Gasteiger partial charge in [0.25, 0.3) is 5.91 Å². The molecule has 0 radical (unpaired) electrons. The number of nitrogens with one attached hydrogen (secondary N) is 13. The van der Waals surface area contributed by atoms with Crippen molar-refractivity contribution in [1.29, 1.82) is 0 Å². The van der Waals surface area contributed by atoms with Crippen molar-refractivity contribution in [3.63, 3.8) is 0 Å². The maximum atomic E-state index is 15.2. The smallest absolute Gasteiger partial charge is 0.305 e. The molecule has 3 aliphatic heterocycles. The Morgan fingerprint density at radius 2 is 1.25 bits per heavy atom. The lowest BCUT2D eigenvalue weighted by Gasteiger charge is -2.37. The molecule has 103 heavy (non-hydrogen) atoms. The molecule has 9 atom stereocenters. The molecule has 32 nitrogen and oxygen atoms in total. The molecule has 1 fully saturated rings. The van der Waals surface area contributed by atoms with Crippen molar-refractivity contribution in [2.75, 3.05) is 26.2 Å². The average molecular weight is 1430 g/mol. The number of nitrogens with two attached hydrogens (primary N) is 1. The number of aromatic nitrogens is 4. The van der Waals surface area contributed by atoms with Gasteiger partial charge in [0.2, 0.25) is 65.0 Å². The molecule has 3 aromatic heterocycles. The van der Waals surface area contributed by atoms with E-state index in [2.05, 4.69) is 73.1 Å². The molecule has 0 spiro atoms. The number of H-pyrrole nitrogens is 3. The fraction of sp³-hybridized carbons (Fsp3) is 0.362.